The summed E-state index contributed by atoms with van der Waals surface area (Å²) in [4.78, 5) is 31.9. The summed E-state index contributed by atoms with van der Waals surface area (Å²) in [5.74, 6) is 0.517. The number of fused-ring (bicyclic) bond motifs is 4. The molecule has 3 aromatic heterocycles. The lowest BCUT2D eigenvalue weighted by Crippen LogP contribution is -2.39. The summed E-state index contributed by atoms with van der Waals surface area (Å²) >= 11 is 0. The Bertz CT molecular complexity index is 2120. The highest BCUT2D eigenvalue weighted by atomic mass is 16.5. The van der Waals surface area contributed by atoms with Gasteiger partial charge in [0, 0.05) is 48.7 Å². The molecule has 0 bridgehead atoms. The van der Waals surface area contributed by atoms with Crippen LogP contribution in [0.3, 0.4) is 0 Å². The van der Waals surface area contributed by atoms with E-state index < -0.39 is 17.7 Å². The minimum Gasteiger partial charge on any atom is -0.493 e. The molecule has 51 heavy (non-hydrogen) atoms. The van der Waals surface area contributed by atoms with Crippen LogP contribution in [-0.4, -0.2) is 57.9 Å². The van der Waals surface area contributed by atoms with Gasteiger partial charge in [0.15, 0.2) is 17.5 Å². The van der Waals surface area contributed by atoms with Crippen LogP contribution in [0, 0.1) is 19.3 Å². The zero-order valence-corrected chi connectivity index (χ0v) is 31.1. The van der Waals surface area contributed by atoms with Crippen LogP contribution < -0.4 is 14.5 Å². The molecule has 1 atom stereocenters. The maximum absolute atomic E-state index is 12.9. The summed E-state index contributed by atoms with van der Waals surface area (Å²) in [6.07, 6.45) is 3.29. The predicted molar refractivity (Wildman–Crippen MR) is 201 cm³/mol. The zero-order valence-electron chi connectivity index (χ0n) is 31.1. The molecular weight excluding hydrogens is 642 g/mol. The van der Waals surface area contributed by atoms with Crippen molar-refractivity contribution in [1.29, 1.82) is 0 Å². The molecule has 2 aliphatic heterocycles. The summed E-state index contributed by atoms with van der Waals surface area (Å²) < 4.78 is 18.6. The molecule has 1 fully saturated rings. The second-order valence-electron chi connectivity index (χ2n) is 15.7. The van der Waals surface area contributed by atoms with Crippen LogP contribution >= 0.6 is 0 Å². The van der Waals surface area contributed by atoms with Gasteiger partial charge in [-0.1, -0.05) is 38.1 Å². The van der Waals surface area contributed by atoms with Gasteiger partial charge < -0.3 is 28.8 Å². The summed E-state index contributed by atoms with van der Waals surface area (Å²) in [7, 11) is 0. The van der Waals surface area contributed by atoms with Gasteiger partial charge in [-0.2, -0.15) is 0 Å². The number of hydrogen-bond acceptors (Lipinski definition) is 9. The third kappa shape index (κ3) is 6.62. The van der Waals surface area contributed by atoms with Crippen molar-refractivity contribution in [1.82, 2.24) is 15.0 Å². The molecule has 0 unspecified atom stereocenters. The smallest absolute Gasteiger partial charge is 0.337 e. The Morgan fingerprint density at radius 2 is 1.78 bits per heavy atom. The fourth-order valence-electron chi connectivity index (χ4n) is 7.72. The molecule has 1 saturated heterocycles. The number of benzene rings is 2. The SMILES string of the molecule is CCOc1cccc2oc3c(N4CCc5cc(-c6c(C)nc(C)c([C@H](OC(C)(C)C)C(=O)O)c6N6CCC(C)(C)CC6)ccc5C4)ncnc3c12. The first-order valence-electron chi connectivity index (χ1n) is 18.1. The van der Waals surface area contributed by atoms with Crippen molar-refractivity contribution < 1.29 is 23.8 Å². The molecule has 0 radical (unpaired) electrons. The highest BCUT2D eigenvalue weighted by molar-refractivity contribution is 6.08. The molecule has 268 valence electrons. The van der Waals surface area contributed by atoms with Crippen LogP contribution in [-0.2, 0) is 22.5 Å². The first-order valence-corrected chi connectivity index (χ1v) is 18.1. The number of nitrogens with zero attached hydrogens (tertiary/aromatic N) is 5. The van der Waals surface area contributed by atoms with E-state index in [-0.39, 0.29) is 5.41 Å². The van der Waals surface area contributed by atoms with Crippen molar-refractivity contribution in [2.24, 2.45) is 5.41 Å². The number of carbonyl (C=O) groups is 1. The number of ether oxygens (including phenoxy) is 2. The van der Waals surface area contributed by atoms with Crippen LogP contribution in [0.1, 0.15) is 88.6 Å². The van der Waals surface area contributed by atoms with Crippen LogP contribution in [0.4, 0.5) is 11.5 Å². The van der Waals surface area contributed by atoms with Gasteiger partial charge in [-0.3, -0.25) is 4.98 Å². The number of hydrogen-bond donors (Lipinski definition) is 1. The number of pyridine rings is 1. The normalized spacial score (nSPS) is 16.8. The molecule has 0 aliphatic carbocycles. The van der Waals surface area contributed by atoms with Crippen molar-refractivity contribution in [2.75, 3.05) is 36.0 Å². The van der Waals surface area contributed by atoms with Crippen molar-refractivity contribution in [3.05, 3.63) is 70.8 Å². The Morgan fingerprint density at radius 1 is 1.02 bits per heavy atom. The quantitative estimate of drug-likeness (QED) is 0.170. The number of rotatable bonds is 8. The largest absolute Gasteiger partial charge is 0.493 e. The van der Waals surface area contributed by atoms with Gasteiger partial charge in [0.25, 0.3) is 0 Å². The average Bonchev–Trinajstić information content (AvgIpc) is 3.46. The molecule has 7 rings (SSSR count). The van der Waals surface area contributed by atoms with E-state index in [1.54, 1.807) is 6.33 Å². The lowest BCUT2D eigenvalue weighted by atomic mass is 9.81. The molecule has 0 spiro atoms. The fourth-order valence-corrected chi connectivity index (χ4v) is 7.72. The number of carboxylic acid groups (broad SMARTS) is 1. The highest BCUT2D eigenvalue weighted by Gasteiger charge is 2.37. The minimum absolute atomic E-state index is 0.225. The maximum atomic E-state index is 12.9. The van der Waals surface area contributed by atoms with Crippen LogP contribution in [0.5, 0.6) is 5.75 Å². The standard InChI is InChI=1S/C41H49N5O5/c1-9-49-29-11-10-12-30-33(29)34-37(50-30)38(43-23-42-34)46-18-15-26-21-27(13-14-28(26)22-46)31-24(2)44-25(3)32(36(39(47)48)51-40(4,5)6)35(31)45-19-16-41(7,8)17-20-45/h10-14,21,23,36H,9,15-20,22H2,1-8H3,(H,47,48)/t36-/m0/s1. The molecule has 1 N–H and O–H groups in total. The Hall–Kier alpha value is -4.70. The molecule has 2 aliphatic rings. The number of piperidine rings is 1. The number of furan rings is 1. The number of aryl methyl sites for hydroxylation is 2. The molecule has 5 heterocycles. The molecule has 10 nitrogen and oxygen atoms in total. The Balaban J connectivity index is 1.29. The first-order chi connectivity index (χ1) is 24.2. The molecule has 0 amide bonds. The predicted octanol–water partition coefficient (Wildman–Crippen LogP) is 8.58. The Morgan fingerprint density at radius 3 is 2.49 bits per heavy atom. The monoisotopic (exact) mass is 691 g/mol. The van der Waals surface area contributed by atoms with E-state index in [0.29, 0.717) is 30.0 Å². The van der Waals surface area contributed by atoms with Crippen molar-refractivity contribution in [3.63, 3.8) is 0 Å². The number of anilines is 2. The maximum Gasteiger partial charge on any atom is 0.337 e. The Labute approximate surface area is 299 Å². The van der Waals surface area contributed by atoms with Crippen LogP contribution in [0.2, 0.25) is 0 Å². The summed E-state index contributed by atoms with van der Waals surface area (Å²) in [6, 6.07) is 12.5. The number of carboxylic acids is 1. The van der Waals surface area contributed by atoms with Gasteiger partial charge in [0.2, 0.25) is 0 Å². The second-order valence-corrected chi connectivity index (χ2v) is 15.7. The van der Waals surface area contributed by atoms with E-state index in [9.17, 15) is 9.90 Å². The van der Waals surface area contributed by atoms with Crippen molar-refractivity contribution >= 4 is 39.5 Å². The fraction of sp³-hybridized carbons (Fsp3) is 0.463. The number of aromatic nitrogens is 3. The summed E-state index contributed by atoms with van der Waals surface area (Å²) in [6.45, 7) is 19.9. The lowest BCUT2D eigenvalue weighted by molar-refractivity contribution is -0.160. The summed E-state index contributed by atoms with van der Waals surface area (Å²) in [5, 5.41) is 11.4. The van der Waals surface area contributed by atoms with E-state index in [0.717, 1.165) is 89.5 Å². The van der Waals surface area contributed by atoms with E-state index in [1.165, 1.54) is 11.1 Å². The first kappa shape index (κ1) is 34.7. The van der Waals surface area contributed by atoms with E-state index in [1.807, 2.05) is 59.7 Å². The van der Waals surface area contributed by atoms with Crippen LogP contribution in [0.25, 0.3) is 33.2 Å². The highest BCUT2D eigenvalue weighted by Crippen LogP contribution is 2.46. The van der Waals surface area contributed by atoms with Crippen LogP contribution in [0.15, 0.2) is 47.1 Å². The van der Waals surface area contributed by atoms with E-state index in [4.69, 9.17) is 23.9 Å². The number of aliphatic carboxylic acids is 1. The van der Waals surface area contributed by atoms with Crippen molar-refractivity contribution in [2.45, 2.75) is 92.9 Å². The average molecular weight is 692 g/mol. The topological polar surface area (TPSA) is 114 Å². The zero-order chi connectivity index (χ0) is 36.2. The van der Waals surface area contributed by atoms with Gasteiger partial charge in [0.05, 0.1) is 23.3 Å². The van der Waals surface area contributed by atoms with Crippen molar-refractivity contribution in [3.8, 4) is 16.9 Å². The molecule has 5 aromatic rings. The molecular formula is C41H49N5O5. The van der Waals surface area contributed by atoms with E-state index in [2.05, 4.69) is 46.8 Å². The van der Waals surface area contributed by atoms with Gasteiger partial charge in [-0.15, -0.1) is 0 Å². The second kappa shape index (κ2) is 13.1. The van der Waals surface area contributed by atoms with Gasteiger partial charge in [-0.05, 0) is 95.0 Å². The van der Waals surface area contributed by atoms with Gasteiger partial charge in [0.1, 0.15) is 23.2 Å². The molecule has 0 saturated carbocycles. The molecule has 10 heteroatoms. The summed E-state index contributed by atoms with van der Waals surface area (Å²) in [5.41, 5.74) is 9.34. The lowest BCUT2D eigenvalue weighted by Gasteiger charge is -2.41. The molecule has 2 aromatic carbocycles. The van der Waals surface area contributed by atoms with Gasteiger partial charge >= 0.3 is 5.97 Å². The third-order valence-corrected chi connectivity index (χ3v) is 10.3. The van der Waals surface area contributed by atoms with Gasteiger partial charge in [-0.25, -0.2) is 14.8 Å². The van der Waals surface area contributed by atoms with E-state index >= 15 is 0 Å². The Kier molecular flexibility index (Phi) is 8.94. The third-order valence-electron chi connectivity index (χ3n) is 10.3. The minimum atomic E-state index is -1.15.